The lowest BCUT2D eigenvalue weighted by Crippen LogP contribution is -2.38. The predicted octanol–water partition coefficient (Wildman–Crippen LogP) is 3.42. The Hall–Kier alpha value is -2.60. The highest BCUT2D eigenvalue weighted by Crippen LogP contribution is 2.27. The summed E-state index contributed by atoms with van der Waals surface area (Å²) in [5.74, 6) is 0.220. The van der Waals surface area contributed by atoms with Gasteiger partial charge in [0.05, 0.1) is 6.54 Å². The van der Waals surface area contributed by atoms with Crippen LogP contribution >= 0.6 is 0 Å². The molecule has 0 radical (unpaired) electrons. The third kappa shape index (κ3) is 2.92. The van der Waals surface area contributed by atoms with Crippen molar-refractivity contribution in [1.29, 1.82) is 0 Å². The Balaban J connectivity index is 1.76. The maximum absolute atomic E-state index is 13.6. The summed E-state index contributed by atoms with van der Waals surface area (Å²) in [6, 6.07) is 7.67. The molecule has 0 aliphatic carbocycles. The molecule has 0 aliphatic rings. The monoisotopic (exact) mass is 331 g/mol. The number of carbonyl (C=O) groups is 1. The van der Waals surface area contributed by atoms with Crippen LogP contribution in [0.4, 0.5) is 4.39 Å². The van der Waals surface area contributed by atoms with Gasteiger partial charge in [-0.25, -0.2) is 4.39 Å². The molecule has 0 saturated carbocycles. The SMILES string of the molecule is Cc1cc(C(C)(O)CNC(=O)c2cc3cccc(F)c3o2)c(C)o1. The number of hydrogen-bond acceptors (Lipinski definition) is 4. The Morgan fingerprint density at radius 1 is 1.29 bits per heavy atom. The number of furan rings is 2. The second kappa shape index (κ2) is 5.79. The molecule has 0 fully saturated rings. The molecule has 6 heteroatoms. The third-order valence-electron chi connectivity index (χ3n) is 3.93. The van der Waals surface area contributed by atoms with Crippen molar-refractivity contribution in [2.24, 2.45) is 0 Å². The molecule has 0 saturated heterocycles. The topological polar surface area (TPSA) is 75.6 Å². The number of aliphatic hydroxyl groups is 1. The van der Waals surface area contributed by atoms with Crippen molar-refractivity contribution in [2.75, 3.05) is 6.54 Å². The van der Waals surface area contributed by atoms with Gasteiger partial charge in [-0.3, -0.25) is 4.79 Å². The molecular weight excluding hydrogens is 313 g/mol. The zero-order chi connectivity index (χ0) is 17.5. The Morgan fingerprint density at radius 3 is 2.67 bits per heavy atom. The molecule has 2 aromatic heterocycles. The smallest absolute Gasteiger partial charge is 0.287 e. The van der Waals surface area contributed by atoms with E-state index in [1.54, 1.807) is 39.0 Å². The zero-order valence-electron chi connectivity index (χ0n) is 13.6. The van der Waals surface area contributed by atoms with Crippen molar-refractivity contribution in [1.82, 2.24) is 5.32 Å². The van der Waals surface area contributed by atoms with Crippen LogP contribution in [0.5, 0.6) is 0 Å². The largest absolute Gasteiger partial charge is 0.466 e. The molecule has 3 aromatic rings. The molecule has 1 unspecified atom stereocenters. The molecule has 1 atom stereocenters. The van der Waals surface area contributed by atoms with Gasteiger partial charge in [-0.05, 0) is 39.0 Å². The summed E-state index contributed by atoms with van der Waals surface area (Å²) in [5.41, 5.74) is -0.652. The first kappa shape index (κ1) is 16.3. The molecule has 2 N–H and O–H groups in total. The quantitative estimate of drug-likeness (QED) is 0.768. The van der Waals surface area contributed by atoms with E-state index in [2.05, 4.69) is 5.32 Å². The molecule has 1 aromatic carbocycles. The first-order valence-corrected chi connectivity index (χ1v) is 7.54. The molecule has 0 spiro atoms. The summed E-state index contributed by atoms with van der Waals surface area (Å²) in [4.78, 5) is 12.2. The number of aryl methyl sites for hydroxylation is 2. The first-order valence-electron chi connectivity index (χ1n) is 7.54. The Kier molecular flexibility index (Phi) is 3.93. The summed E-state index contributed by atoms with van der Waals surface area (Å²) < 4.78 is 24.3. The summed E-state index contributed by atoms with van der Waals surface area (Å²) in [6.45, 7) is 5.09. The van der Waals surface area contributed by atoms with E-state index in [-0.39, 0.29) is 17.9 Å². The molecule has 126 valence electrons. The predicted molar refractivity (Wildman–Crippen MR) is 86.3 cm³/mol. The zero-order valence-corrected chi connectivity index (χ0v) is 13.6. The van der Waals surface area contributed by atoms with Gasteiger partial charge in [0.1, 0.15) is 17.1 Å². The van der Waals surface area contributed by atoms with E-state index >= 15 is 0 Å². The minimum atomic E-state index is -1.30. The van der Waals surface area contributed by atoms with Crippen molar-refractivity contribution in [2.45, 2.75) is 26.4 Å². The molecular formula is C18H18FNO4. The number of nitrogens with one attached hydrogen (secondary N) is 1. The fraction of sp³-hybridized carbons (Fsp3) is 0.278. The van der Waals surface area contributed by atoms with Crippen LogP contribution in [-0.4, -0.2) is 17.6 Å². The minimum Gasteiger partial charge on any atom is -0.466 e. The fourth-order valence-electron chi connectivity index (χ4n) is 2.74. The molecule has 0 aliphatic heterocycles. The summed E-state index contributed by atoms with van der Waals surface area (Å²) in [7, 11) is 0. The second-order valence-electron chi connectivity index (χ2n) is 6.05. The highest BCUT2D eigenvalue weighted by Gasteiger charge is 2.29. The van der Waals surface area contributed by atoms with E-state index in [1.807, 2.05) is 0 Å². The minimum absolute atomic E-state index is 0.00834. The Bertz CT molecular complexity index is 907. The van der Waals surface area contributed by atoms with Gasteiger partial charge >= 0.3 is 0 Å². The lowest BCUT2D eigenvalue weighted by Gasteiger charge is -2.23. The average molecular weight is 331 g/mol. The van der Waals surface area contributed by atoms with Gasteiger partial charge in [0.25, 0.3) is 5.91 Å². The van der Waals surface area contributed by atoms with Gasteiger partial charge in [0.2, 0.25) is 0 Å². The fourth-order valence-corrected chi connectivity index (χ4v) is 2.74. The number of halogens is 1. The summed E-state index contributed by atoms with van der Waals surface area (Å²) in [5, 5.41) is 13.7. The van der Waals surface area contributed by atoms with E-state index in [0.717, 1.165) is 0 Å². The number of benzene rings is 1. The van der Waals surface area contributed by atoms with Gasteiger partial charge in [0, 0.05) is 10.9 Å². The normalized spacial score (nSPS) is 13.9. The molecule has 3 rings (SSSR count). The number of rotatable bonds is 4. The highest BCUT2D eigenvalue weighted by atomic mass is 19.1. The van der Waals surface area contributed by atoms with Crippen molar-refractivity contribution in [3.8, 4) is 0 Å². The maximum atomic E-state index is 13.6. The number of carbonyl (C=O) groups excluding carboxylic acids is 1. The van der Waals surface area contributed by atoms with E-state index in [9.17, 15) is 14.3 Å². The first-order chi connectivity index (χ1) is 11.3. The molecule has 1 amide bonds. The van der Waals surface area contributed by atoms with Gasteiger partial charge < -0.3 is 19.3 Å². The van der Waals surface area contributed by atoms with E-state index in [0.29, 0.717) is 22.5 Å². The lowest BCUT2D eigenvalue weighted by atomic mass is 9.96. The van der Waals surface area contributed by atoms with Crippen molar-refractivity contribution >= 4 is 16.9 Å². The van der Waals surface area contributed by atoms with Crippen LogP contribution in [0.3, 0.4) is 0 Å². The van der Waals surface area contributed by atoms with Crippen LogP contribution in [0.2, 0.25) is 0 Å². The summed E-state index contributed by atoms with van der Waals surface area (Å²) >= 11 is 0. The van der Waals surface area contributed by atoms with Crippen molar-refractivity contribution in [3.63, 3.8) is 0 Å². The van der Waals surface area contributed by atoms with Crippen LogP contribution in [0.1, 0.15) is 34.6 Å². The Morgan fingerprint density at radius 2 is 2.04 bits per heavy atom. The van der Waals surface area contributed by atoms with E-state index < -0.39 is 17.3 Å². The summed E-state index contributed by atoms with van der Waals surface area (Å²) in [6.07, 6.45) is 0. The molecule has 0 bridgehead atoms. The van der Waals surface area contributed by atoms with Crippen LogP contribution in [-0.2, 0) is 5.60 Å². The van der Waals surface area contributed by atoms with Gasteiger partial charge in [-0.2, -0.15) is 0 Å². The number of hydrogen-bond donors (Lipinski definition) is 2. The van der Waals surface area contributed by atoms with E-state index in [1.165, 1.54) is 12.1 Å². The molecule has 2 heterocycles. The number of para-hydroxylation sites is 1. The van der Waals surface area contributed by atoms with Gasteiger partial charge in [0.15, 0.2) is 17.2 Å². The van der Waals surface area contributed by atoms with E-state index in [4.69, 9.17) is 8.83 Å². The maximum Gasteiger partial charge on any atom is 0.287 e. The van der Waals surface area contributed by atoms with Crippen LogP contribution in [0.25, 0.3) is 11.0 Å². The number of amides is 1. The van der Waals surface area contributed by atoms with Crippen molar-refractivity contribution < 1.29 is 23.1 Å². The number of fused-ring (bicyclic) bond motifs is 1. The van der Waals surface area contributed by atoms with Crippen molar-refractivity contribution in [3.05, 3.63) is 59.0 Å². The van der Waals surface area contributed by atoms with Crippen LogP contribution < -0.4 is 5.32 Å². The van der Waals surface area contributed by atoms with Gasteiger partial charge in [-0.1, -0.05) is 12.1 Å². The Labute approximate surface area is 138 Å². The third-order valence-corrected chi connectivity index (χ3v) is 3.93. The lowest BCUT2D eigenvalue weighted by molar-refractivity contribution is 0.0507. The van der Waals surface area contributed by atoms with Crippen LogP contribution in [0, 0.1) is 19.7 Å². The standard InChI is InChI=1S/C18H18FNO4/c1-10-7-13(11(2)23-10)18(3,22)9-20-17(21)15-8-12-5-4-6-14(19)16(12)24-15/h4-8,22H,9H2,1-3H3,(H,20,21). The molecule has 24 heavy (non-hydrogen) atoms. The molecule has 5 nitrogen and oxygen atoms in total. The van der Waals surface area contributed by atoms with Crippen LogP contribution in [0.15, 0.2) is 39.2 Å². The second-order valence-corrected chi connectivity index (χ2v) is 6.05. The average Bonchev–Trinajstić information content (AvgIpc) is 3.09. The highest BCUT2D eigenvalue weighted by molar-refractivity contribution is 5.96. The van der Waals surface area contributed by atoms with Gasteiger partial charge in [-0.15, -0.1) is 0 Å².